The van der Waals surface area contributed by atoms with Crippen LogP contribution in [-0.4, -0.2) is 18.0 Å². The molecule has 2 unspecified atom stereocenters. The maximum absolute atomic E-state index is 5.62. The fourth-order valence-corrected chi connectivity index (χ4v) is 4.69. The van der Waals surface area contributed by atoms with E-state index < -0.39 is 0 Å². The van der Waals surface area contributed by atoms with E-state index in [0.717, 1.165) is 28.5 Å². The van der Waals surface area contributed by atoms with Crippen molar-refractivity contribution in [2.75, 3.05) is 7.11 Å². The quantitative estimate of drug-likeness (QED) is 0.630. The Kier molecular flexibility index (Phi) is 1.61. The number of rotatable bonds is 1. The average Bonchev–Trinajstić information content (AvgIpc) is 2.79. The highest BCUT2D eigenvalue weighted by Gasteiger charge is 2.63. The molecule has 3 aliphatic rings. The van der Waals surface area contributed by atoms with Crippen molar-refractivity contribution >= 4 is 15.9 Å². The SMILES string of the molecule is CO[C@@H]1C2C3C[C@@H](Br)[C@H]1CC[C@@H]32. The zero-order valence-electron chi connectivity index (χ0n) is 7.37. The summed E-state index contributed by atoms with van der Waals surface area (Å²) in [5.74, 6) is 3.81. The Hall–Kier alpha value is 0.440. The lowest BCUT2D eigenvalue weighted by molar-refractivity contribution is 0.000715. The molecule has 1 nitrogen and oxygen atoms in total. The van der Waals surface area contributed by atoms with Crippen LogP contribution in [0.25, 0.3) is 0 Å². The lowest BCUT2D eigenvalue weighted by Crippen LogP contribution is -2.37. The number of alkyl halides is 1. The highest BCUT2D eigenvalue weighted by atomic mass is 79.9. The van der Waals surface area contributed by atoms with E-state index in [4.69, 9.17) is 4.74 Å². The molecule has 0 saturated heterocycles. The van der Waals surface area contributed by atoms with E-state index in [-0.39, 0.29) is 0 Å². The van der Waals surface area contributed by atoms with Crippen molar-refractivity contribution in [2.24, 2.45) is 23.7 Å². The summed E-state index contributed by atoms with van der Waals surface area (Å²) < 4.78 is 5.62. The van der Waals surface area contributed by atoms with E-state index in [1.165, 1.54) is 19.3 Å². The number of methoxy groups -OCH3 is 1. The zero-order valence-corrected chi connectivity index (χ0v) is 8.96. The summed E-state index contributed by atoms with van der Waals surface area (Å²) in [6.45, 7) is 0. The van der Waals surface area contributed by atoms with Crippen molar-refractivity contribution in [3.8, 4) is 0 Å². The van der Waals surface area contributed by atoms with Gasteiger partial charge in [0.1, 0.15) is 0 Å². The topological polar surface area (TPSA) is 9.23 Å². The number of hydrogen-bond donors (Lipinski definition) is 0. The van der Waals surface area contributed by atoms with Crippen molar-refractivity contribution in [1.82, 2.24) is 0 Å². The molecule has 6 atom stereocenters. The Morgan fingerprint density at radius 1 is 1.17 bits per heavy atom. The summed E-state index contributed by atoms with van der Waals surface area (Å²) in [6, 6.07) is 0. The van der Waals surface area contributed by atoms with Crippen LogP contribution in [-0.2, 0) is 4.74 Å². The molecule has 0 aromatic carbocycles. The fourth-order valence-electron chi connectivity index (χ4n) is 3.69. The van der Waals surface area contributed by atoms with Gasteiger partial charge in [-0.2, -0.15) is 0 Å². The molecule has 0 aromatic heterocycles. The van der Waals surface area contributed by atoms with Crippen LogP contribution in [0.15, 0.2) is 0 Å². The van der Waals surface area contributed by atoms with Crippen molar-refractivity contribution in [3.05, 3.63) is 0 Å². The molecule has 12 heavy (non-hydrogen) atoms. The Labute approximate surface area is 82.0 Å². The Morgan fingerprint density at radius 2 is 1.92 bits per heavy atom. The summed E-state index contributed by atoms with van der Waals surface area (Å²) >= 11 is 3.81. The lowest BCUT2D eigenvalue weighted by atomic mass is 9.81. The van der Waals surface area contributed by atoms with Gasteiger partial charge in [-0.05, 0) is 42.9 Å². The molecule has 0 spiro atoms. The van der Waals surface area contributed by atoms with Gasteiger partial charge >= 0.3 is 0 Å². The molecule has 0 heterocycles. The number of hydrogen-bond acceptors (Lipinski definition) is 1. The smallest absolute Gasteiger partial charge is 0.0643 e. The maximum atomic E-state index is 5.62. The molecule has 3 rings (SSSR count). The van der Waals surface area contributed by atoms with Gasteiger partial charge in [0.2, 0.25) is 0 Å². The fraction of sp³-hybridized carbons (Fsp3) is 1.00. The van der Waals surface area contributed by atoms with Gasteiger partial charge in [0.05, 0.1) is 6.10 Å². The molecule has 3 saturated carbocycles. The van der Waals surface area contributed by atoms with E-state index in [2.05, 4.69) is 15.9 Å². The van der Waals surface area contributed by atoms with Gasteiger partial charge in [0, 0.05) is 11.9 Å². The van der Waals surface area contributed by atoms with Crippen molar-refractivity contribution in [2.45, 2.75) is 30.2 Å². The van der Waals surface area contributed by atoms with E-state index in [0.29, 0.717) is 6.10 Å². The molecule has 0 aromatic rings. The van der Waals surface area contributed by atoms with Crippen molar-refractivity contribution < 1.29 is 4.74 Å². The number of fused-ring (bicyclic) bond motifs is 2. The summed E-state index contributed by atoms with van der Waals surface area (Å²) in [5.41, 5.74) is 0. The molecular formula is C10H15BrO. The molecule has 0 amide bonds. The molecule has 2 bridgehead atoms. The first-order valence-corrected chi connectivity index (χ1v) is 5.91. The first-order chi connectivity index (χ1) is 5.83. The maximum Gasteiger partial charge on any atom is 0.0643 e. The Balaban J connectivity index is 1.89. The van der Waals surface area contributed by atoms with Gasteiger partial charge in [-0.3, -0.25) is 0 Å². The summed E-state index contributed by atoms with van der Waals surface area (Å²) in [6.07, 6.45) is 4.88. The Morgan fingerprint density at radius 3 is 2.67 bits per heavy atom. The second kappa shape index (κ2) is 2.48. The molecule has 3 aliphatic carbocycles. The third-order valence-corrected chi connectivity index (χ3v) is 5.32. The van der Waals surface area contributed by atoms with Gasteiger partial charge in [0.25, 0.3) is 0 Å². The normalized spacial score (nSPS) is 61.5. The van der Waals surface area contributed by atoms with Gasteiger partial charge in [-0.1, -0.05) is 15.9 Å². The van der Waals surface area contributed by atoms with Crippen LogP contribution in [0.5, 0.6) is 0 Å². The monoisotopic (exact) mass is 230 g/mol. The van der Waals surface area contributed by atoms with Crippen molar-refractivity contribution in [3.63, 3.8) is 0 Å². The Bertz CT molecular complexity index is 206. The average molecular weight is 231 g/mol. The summed E-state index contributed by atoms with van der Waals surface area (Å²) in [7, 11) is 1.89. The second-order valence-corrected chi connectivity index (χ2v) is 5.77. The highest BCUT2D eigenvalue weighted by molar-refractivity contribution is 9.09. The molecular weight excluding hydrogens is 216 g/mol. The minimum atomic E-state index is 0.590. The second-order valence-electron chi connectivity index (χ2n) is 4.60. The molecule has 3 fully saturated rings. The van der Waals surface area contributed by atoms with E-state index in [1.54, 1.807) is 0 Å². The first-order valence-electron chi connectivity index (χ1n) is 5.00. The van der Waals surface area contributed by atoms with Crippen LogP contribution >= 0.6 is 15.9 Å². The minimum absolute atomic E-state index is 0.590. The van der Waals surface area contributed by atoms with Crippen LogP contribution in [0.4, 0.5) is 0 Å². The van der Waals surface area contributed by atoms with Crippen molar-refractivity contribution in [1.29, 1.82) is 0 Å². The van der Waals surface area contributed by atoms with Crippen LogP contribution in [0.3, 0.4) is 0 Å². The van der Waals surface area contributed by atoms with E-state index in [9.17, 15) is 0 Å². The van der Waals surface area contributed by atoms with Crippen LogP contribution < -0.4 is 0 Å². The standard InChI is InChI=1S/C10H15BrO/c1-12-10-6-3-2-5-7(9(5)10)4-8(6)11/h5-10H,2-4H2,1H3/t5-,6+,7?,8+,9?,10-/m0/s1. The van der Waals surface area contributed by atoms with Crippen LogP contribution in [0, 0.1) is 23.7 Å². The highest BCUT2D eigenvalue weighted by Crippen LogP contribution is 2.65. The summed E-state index contributed by atoms with van der Waals surface area (Å²) in [5, 5.41) is 0. The van der Waals surface area contributed by atoms with Crippen LogP contribution in [0.1, 0.15) is 19.3 Å². The van der Waals surface area contributed by atoms with E-state index in [1.807, 2.05) is 7.11 Å². The van der Waals surface area contributed by atoms with Gasteiger partial charge < -0.3 is 4.74 Å². The molecule has 0 aliphatic heterocycles. The number of halogens is 1. The predicted octanol–water partition coefficient (Wildman–Crippen LogP) is 2.44. The van der Waals surface area contributed by atoms with Gasteiger partial charge in [0.15, 0.2) is 0 Å². The van der Waals surface area contributed by atoms with Gasteiger partial charge in [-0.15, -0.1) is 0 Å². The largest absolute Gasteiger partial charge is 0.381 e. The molecule has 68 valence electrons. The predicted molar refractivity (Wildman–Crippen MR) is 51.3 cm³/mol. The molecule has 0 N–H and O–H groups in total. The summed E-state index contributed by atoms with van der Waals surface area (Å²) in [4.78, 5) is 0.746. The minimum Gasteiger partial charge on any atom is -0.381 e. The third kappa shape index (κ3) is 0.832. The lowest BCUT2D eigenvalue weighted by Gasteiger charge is -2.35. The third-order valence-electron chi connectivity index (χ3n) is 4.27. The van der Waals surface area contributed by atoms with E-state index >= 15 is 0 Å². The van der Waals surface area contributed by atoms with Crippen LogP contribution in [0.2, 0.25) is 0 Å². The van der Waals surface area contributed by atoms with Gasteiger partial charge in [-0.25, -0.2) is 0 Å². The zero-order chi connectivity index (χ0) is 8.29. The molecule has 0 radical (unpaired) electrons. The number of ether oxygens (including phenoxy) is 1. The molecule has 2 heteroatoms. The first kappa shape index (κ1) is 7.81.